The van der Waals surface area contributed by atoms with Gasteiger partial charge in [0.15, 0.2) is 0 Å². The summed E-state index contributed by atoms with van der Waals surface area (Å²) in [5.74, 6) is 0.193. The van der Waals surface area contributed by atoms with E-state index in [-0.39, 0.29) is 11.8 Å². The van der Waals surface area contributed by atoms with Crippen LogP contribution >= 0.6 is 0 Å². The Kier molecular flexibility index (Phi) is 6.88. The van der Waals surface area contributed by atoms with Crippen LogP contribution in [-0.4, -0.2) is 24.4 Å². The van der Waals surface area contributed by atoms with Gasteiger partial charge < -0.3 is 16.4 Å². The minimum absolute atomic E-state index is 0.00626. The van der Waals surface area contributed by atoms with Gasteiger partial charge in [0.1, 0.15) is 0 Å². The largest absolute Gasteiger partial charge is 0.356 e. The number of carbonyl (C=O) groups excluding carboxylic acids is 2. The van der Waals surface area contributed by atoms with Gasteiger partial charge in [0.2, 0.25) is 11.8 Å². The Balaban J connectivity index is 2.54. The number of carbonyl (C=O) groups is 2. The lowest BCUT2D eigenvalue weighted by Crippen LogP contribution is -2.36. The molecule has 0 saturated carbocycles. The smallest absolute Gasteiger partial charge is 0.241 e. The molecule has 1 rings (SSSR count). The van der Waals surface area contributed by atoms with Crippen molar-refractivity contribution in [3.8, 4) is 0 Å². The van der Waals surface area contributed by atoms with Gasteiger partial charge in [-0.1, -0.05) is 26.0 Å². The van der Waals surface area contributed by atoms with Crippen LogP contribution in [0.1, 0.15) is 32.8 Å². The first-order valence-electron chi connectivity index (χ1n) is 7.34. The third kappa shape index (κ3) is 6.40. The highest BCUT2D eigenvalue weighted by molar-refractivity contribution is 5.94. The zero-order valence-corrected chi connectivity index (χ0v) is 13.0. The lowest BCUT2D eigenvalue weighted by molar-refractivity contribution is -0.120. The molecule has 0 aliphatic carbocycles. The summed E-state index contributed by atoms with van der Waals surface area (Å²) in [4.78, 5) is 23.4. The summed E-state index contributed by atoms with van der Waals surface area (Å²) in [6.07, 6.45) is 0.996. The molecule has 21 heavy (non-hydrogen) atoms. The van der Waals surface area contributed by atoms with E-state index in [2.05, 4.69) is 10.6 Å². The van der Waals surface area contributed by atoms with Crippen molar-refractivity contribution in [2.24, 2.45) is 11.7 Å². The number of likely N-dealkylation sites (N-methyl/N-ethyl adjacent to an activating group) is 1. The normalized spacial score (nSPS) is 12.0. The molecule has 2 amide bonds. The third-order valence-electron chi connectivity index (χ3n) is 3.02. The van der Waals surface area contributed by atoms with Crippen molar-refractivity contribution in [2.75, 3.05) is 11.9 Å². The van der Waals surface area contributed by atoms with Crippen molar-refractivity contribution in [3.05, 3.63) is 29.8 Å². The summed E-state index contributed by atoms with van der Waals surface area (Å²) in [6, 6.07) is 6.74. The summed E-state index contributed by atoms with van der Waals surface area (Å²) in [6.45, 7) is 6.57. The molecule has 0 aliphatic heterocycles. The lowest BCUT2D eigenvalue weighted by Gasteiger charge is -2.14. The van der Waals surface area contributed by atoms with Gasteiger partial charge in [-0.25, -0.2) is 0 Å². The van der Waals surface area contributed by atoms with E-state index in [0.717, 1.165) is 5.56 Å². The molecule has 1 aromatic carbocycles. The third-order valence-corrected chi connectivity index (χ3v) is 3.02. The molecule has 5 heteroatoms. The number of hydrogen-bond donors (Lipinski definition) is 3. The maximum absolute atomic E-state index is 11.9. The van der Waals surface area contributed by atoms with Crippen LogP contribution in [0.25, 0.3) is 0 Å². The maximum Gasteiger partial charge on any atom is 0.241 e. The van der Waals surface area contributed by atoms with E-state index in [4.69, 9.17) is 5.73 Å². The second-order valence-corrected chi connectivity index (χ2v) is 5.55. The van der Waals surface area contributed by atoms with Crippen molar-refractivity contribution < 1.29 is 9.59 Å². The zero-order chi connectivity index (χ0) is 15.8. The Morgan fingerprint density at radius 1 is 1.19 bits per heavy atom. The van der Waals surface area contributed by atoms with E-state index in [1.165, 1.54) is 0 Å². The summed E-state index contributed by atoms with van der Waals surface area (Å²) < 4.78 is 0. The Morgan fingerprint density at radius 3 is 2.33 bits per heavy atom. The number of anilines is 1. The van der Waals surface area contributed by atoms with E-state index >= 15 is 0 Å². The number of hydrogen-bond acceptors (Lipinski definition) is 3. The zero-order valence-electron chi connectivity index (χ0n) is 13.0. The minimum Gasteiger partial charge on any atom is -0.356 e. The quantitative estimate of drug-likeness (QED) is 0.714. The van der Waals surface area contributed by atoms with E-state index < -0.39 is 6.04 Å². The standard InChI is InChI=1S/C16H25N3O2/c1-4-18-15(20)10-12-5-7-13(8-6-12)19-16(21)14(17)9-11(2)3/h5-8,11,14H,4,9-10,17H2,1-3H3,(H,18,20)(H,19,21). The summed E-state index contributed by atoms with van der Waals surface area (Å²) >= 11 is 0. The van der Waals surface area contributed by atoms with E-state index in [0.29, 0.717) is 31.0 Å². The van der Waals surface area contributed by atoms with Crippen molar-refractivity contribution in [2.45, 2.75) is 39.7 Å². The fourth-order valence-electron chi connectivity index (χ4n) is 2.00. The van der Waals surface area contributed by atoms with Crippen LogP contribution in [0, 0.1) is 5.92 Å². The molecular formula is C16H25N3O2. The molecular weight excluding hydrogens is 266 g/mol. The van der Waals surface area contributed by atoms with Crippen molar-refractivity contribution in [3.63, 3.8) is 0 Å². The van der Waals surface area contributed by atoms with Crippen LogP contribution in [0.4, 0.5) is 5.69 Å². The topological polar surface area (TPSA) is 84.2 Å². The monoisotopic (exact) mass is 291 g/mol. The minimum atomic E-state index is -0.500. The molecule has 1 aromatic rings. The summed E-state index contributed by atoms with van der Waals surface area (Å²) in [5, 5.41) is 5.54. The number of nitrogens with two attached hydrogens (primary N) is 1. The van der Waals surface area contributed by atoms with Crippen LogP contribution in [0.2, 0.25) is 0 Å². The fourth-order valence-corrected chi connectivity index (χ4v) is 2.00. The molecule has 0 spiro atoms. The van der Waals surface area contributed by atoms with Crippen LogP contribution in [0.5, 0.6) is 0 Å². The van der Waals surface area contributed by atoms with Gasteiger partial charge in [-0.3, -0.25) is 9.59 Å². The van der Waals surface area contributed by atoms with Crippen LogP contribution in [0.15, 0.2) is 24.3 Å². The predicted molar refractivity (Wildman–Crippen MR) is 84.9 cm³/mol. The highest BCUT2D eigenvalue weighted by atomic mass is 16.2. The van der Waals surface area contributed by atoms with Crippen molar-refractivity contribution >= 4 is 17.5 Å². The molecule has 116 valence electrons. The van der Waals surface area contributed by atoms with Gasteiger partial charge >= 0.3 is 0 Å². The fraction of sp³-hybridized carbons (Fsp3) is 0.500. The molecule has 0 heterocycles. The average molecular weight is 291 g/mol. The number of amides is 2. The van der Waals surface area contributed by atoms with Crippen LogP contribution in [0.3, 0.4) is 0 Å². The Hall–Kier alpha value is -1.88. The van der Waals surface area contributed by atoms with E-state index in [1.807, 2.05) is 32.9 Å². The van der Waals surface area contributed by atoms with Gasteiger partial charge in [-0.15, -0.1) is 0 Å². The number of nitrogens with one attached hydrogen (secondary N) is 2. The summed E-state index contributed by atoms with van der Waals surface area (Å²) in [7, 11) is 0. The molecule has 1 unspecified atom stereocenters. The SMILES string of the molecule is CCNC(=O)Cc1ccc(NC(=O)C(N)CC(C)C)cc1. The molecule has 1 atom stereocenters. The predicted octanol–water partition coefficient (Wildman–Crippen LogP) is 1.68. The highest BCUT2D eigenvalue weighted by Crippen LogP contribution is 2.11. The van der Waals surface area contributed by atoms with Crippen molar-refractivity contribution in [1.29, 1.82) is 0 Å². The van der Waals surface area contributed by atoms with Crippen molar-refractivity contribution in [1.82, 2.24) is 5.32 Å². The second kappa shape index (κ2) is 8.42. The Morgan fingerprint density at radius 2 is 1.81 bits per heavy atom. The molecule has 5 nitrogen and oxygen atoms in total. The number of rotatable bonds is 7. The molecule has 4 N–H and O–H groups in total. The van der Waals surface area contributed by atoms with E-state index in [9.17, 15) is 9.59 Å². The molecule has 0 radical (unpaired) electrons. The second-order valence-electron chi connectivity index (χ2n) is 5.55. The summed E-state index contributed by atoms with van der Waals surface area (Å²) in [5.41, 5.74) is 7.43. The van der Waals surface area contributed by atoms with Crippen LogP contribution < -0.4 is 16.4 Å². The first-order chi connectivity index (χ1) is 9.92. The first kappa shape index (κ1) is 17.2. The van der Waals surface area contributed by atoms with Gasteiger partial charge in [0.05, 0.1) is 12.5 Å². The van der Waals surface area contributed by atoms with Crippen LogP contribution in [-0.2, 0) is 16.0 Å². The maximum atomic E-state index is 11.9. The molecule has 0 saturated heterocycles. The van der Waals surface area contributed by atoms with Gasteiger partial charge in [-0.2, -0.15) is 0 Å². The lowest BCUT2D eigenvalue weighted by atomic mass is 10.0. The van der Waals surface area contributed by atoms with E-state index in [1.54, 1.807) is 12.1 Å². The van der Waals surface area contributed by atoms with Gasteiger partial charge in [0, 0.05) is 12.2 Å². The van der Waals surface area contributed by atoms with Gasteiger partial charge in [-0.05, 0) is 37.0 Å². The molecule has 0 bridgehead atoms. The molecule has 0 aromatic heterocycles. The first-order valence-corrected chi connectivity index (χ1v) is 7.34. The van der Waals surface area contributed by atoms with Gasteiger partial charge in [0.25, 0.3) is 0 Å². The Labute approximate surface area is 126 Å². The Bertz CT molecular complexity index is 469. The number of benzene rings is 1. The highest BCUT2D eigenvalue weighted by Gasteiger charge is 2.14. The molecule has 0 fully saturated rings. The average Bonchev–Trinajstić information content (AvgIpc) is 2.40. The molecule has 0 aliphatic rings.